The minimum atomic E-state index is -0.994. The SMILES string of the molecule is CCCC(=NC[C@H](C)N=C(CCC)C1=C(O)[C@H](C(=O)OC)C(C)(C)CC1=O)C1=C(O)[C@@H](C(=O)OC)C(C)(C)CC1=O. The fraction of sp³-hybridized carbons (Fsp3) is 0.677. The van der Waals surface area contributed by atoms with Gasteiger partial charge >= 0.3 is 11.9 Å². The van der Waals surface area contributed by atoms with E-state index in [4.69, 9.17) is 14.5 Å². The number of ether oxygens (including phenoxy) is 2. The summed E-state index contributed by atoms with van der Waals surface area (Å²) in [5, 5.41) is 22.3. The molecule has 0 aromatic heterocycles. The molecule has 0 spiro atoms. The number of aliphatic hydroxyl groups excluding tert-OH is 2. The van der Waals surface area contributed by atoms with E-state index in [-0.39, 0.29) is 53.6 Å². The molecule has 0 heterocycles. The zero-order chi connectivity index (χ0) is 31.3. The van der Waals surface area contributed by atoms with E-state index in [0.717, 1.165) is 0 Å². The van der Waals surface area contributed by atoms with Crippen LogP contribution in [0.25, 0.3) is 0 Å². The molecule has 0 aromatic rings. The van der Waals surface area contributed by atoms with Gasteiger partial charge in [0.1, 0.15) is 23.4 Å². The number of hydrogen-bond donors (Lipinski definition) is 2. The summed E-state index contributed by atoms with van der Waals surface area (Å²) >= 11 is 0. The number of esters is 2. The van der Waals surface area contributed by atoms with E-state index in [0.29, 0.717) is 37.1 Å². The Hall–Kier alpha value is -3.30. The van der Waals surface area contributed by atoms with Crippen LogP contribution < -0.4 is 0 Å². The van der Waals surface area contributed by atoms with Gasteiger partial charge in [-0.3, -0.25) is 29.2 Å². The number of rotatable bonds is 11. The average Bonchev–Trinajstić information content (AvgIpc) is 2.85. The Morgan fingerprint density at radius 1 is 0.829 bits per heavy atom. The van der Waals surface area contributed by atoms with E-state index in [1.54, 1.807) is 34.6 Å². The number of carbonyl (C=O) groups is 4. The monoisotopic (exact) mass is 574 g/mol. The van der Waals surface area contributed by atoms with Crippen LogP contribution >= 0.6 is 0 Å². The summed E-state index contributed by atoms with van der Waals surface area (Å²) in [6.45, 7) is 12.7. The molecule has 10 heteroatoms. The average molecular weight is 575 g/mol. The fourth-order valence-electron chi connectivity index (χ4n) is 5.80. The van der Waals surface area contributed by atoms with Crippen molar-refractivity contribution in [3.63, 3.8) is 0 Å². The Labute approximate surface area is 243 Å². The van der Waals surface area contributed by atoms with E-state index in [2.05, 4.69) is 4.99 Å². The van der Waals surface area contributed by atoms with Crippen molar-refractivity contribution in [1.82, 2.24) is 0 Å². The van der Waals surface area contributed by atoms with Crippen molar-refractivity contribution in [2.75, 3.05) is 20.8 Å². The van der Waals surface area contributed by atoms with Crippen molar-refractivity contribution >= 4 is 34.9 Å². The third kappa shape index (κ3) is 7.32. The molecule has 2 rings (SSSR count). The number of aliphatic imine (C=N–C) groups is 2. The second-order valence-electron chi connectivity index (χ2n) is 12.3. The zero-order valence-corrected chi connectivity index (χ0v) is 25.9. The Bertz CT molecular complexity index is 1190. The summed E-state index contributed by atoms with van der Waals surface area (Å²) in [4.78, 5) is 60.8. The summed E-state index contributed by atoms with van der Waals surface area (Å²) in [7, 11) is 2.49. The lowest BCUT2D eigenvalue weighted by atomic mass is 9.67. The second kappa shape index (κ2) is 13.6. The molecule has 0 bridgehead atoms. The predicted molar refractivity (Wildman–Crippen MR) is 156 cm³/mol. The largest absolute Gasteiger partial charge is 0.511 e. The molecule has 0 aromatic carbocycles. The first-order chi connectivity index (χ1) is 19.1. The quantitative estimate of drug-likeness (QED) is 0.257. The molecular weight excluding hydrogens is 528 g/mol. The van der Waals surface area contributed by atoms with Crippen molar-refractivity contribution in [3.05, 3.63) is 22.7 Å². The van der Waals surface area contributed by atoms with E-state index in [1.807, 2.05) is 13.8 Å². The Morgan fingerprint density at radius 3 is 1.61 bits per heavy atom. The lowest BCUT2D eigenvalue weighted by molar-refractivity contribution is -0.151. The molecule has 10 nitrogen and oxygen atoms in total. The van der Waals surface area contributed by atoms with Gasteiger partial charge in [0.25, 0.3) is 0 Å². The number of methoxy groups -OCH3 is 2. The van der Waals surface area contributed by atoms with Crippen LogP contribution in [-0.2, 0) is 28.7 Å². The van der Waals surface area contributed by atoms with Gasteiger partial charge in [-0.05, 0) is 30.6 Å². The molecule has 228 valence electrons. The first-order valence-electron chi connectivity index (χ1n) is 14.3. The van der Waals surface area contributed by atoms with Crippen LogP contribution in [0.15, 0.2) is 32.6 Å². The highest BCUT2D eigenvalue weighted by atomic mass is 16.5. The van der Waals surface area contributed by atoms with E-state index >= 15 is 0 Å². The number of aliphatic hydroxyl groups is 2. The van der Waals surface area contributed by atoms with Crippen LogP contribution in [0.1, 0.15) is 87.0 Å². The van der Waals surface area contributed by atoms with Crippen LogP contribution in [-0.4, -0.2) is 71.9 Å². The molecule has 0 unspecified atom stereocenters. The standard InChI is InChI=1S/C31H46N2O8/c1-10-12-18(22-20(34)14-30(4,5)24(26(22)36)28(38)40-8)32-16-17(3)33-19(13-11-2)23-21(35)15-31(6,7)25(27(23)37)29(39)41-9/h17,24-25,36-37H,10-16H2,1-9H3/t17-,24-,25+/m0/s1. The van der Waals surface area contributed by atoms with E-state index in [1.165, 1.54) is 14.2 Å². The van der Waals surface area contributed by atoms with Gasteiger partial charge in [-0.1, -0.05) is 54.4 Å². The minimum absolute atomic E-state index is 0.0509. The zero-order valence-electron chi connectivity index (χ0n) is 25.9. The summed E-state index contributed by atoms with van der Waals surface area (Å²) in [6.07, 6.45) is 2.19. The first kappa shape index (κ1) is 33.9. The van der Waals surface area contributed by atoms with Crippen LogP contribution in [0.4, 0.5) is 0 Å². The maximum Gasteiger partial charge on any atom is 0.316 e. The number of ketones is 2. The first-order valence-corrected chi connectivity index (χ1v) is 14.3. The van der Waals surface area contributed by atoms with Gasteiger partial charge in [0.2, 0.25) is 0 Å². The van der Waals surface area contributed by atoms with Crippen molar-refractivity contribution < 1.29 is 38.9 Å². The maximum absolute atomic E-state index is 13.2. The highest BCUT2D eigenvalue weighted by molar-refractivity contribution is 6.24. The molecule has 3 atom stereocenters. The van der Waals surface area contributed by atoms with Gasteiger partial charge in [-0.15, -0.1) is 0 Å². The summed E-state index contributed by atoms with van der Waals surface area (Å²) in [5.41, 5.74) is -0.751. The van der Waals surface area contributed by atoms with Crippen molar-refractivity contribution in [2.45, 2.75) is 93.0 Å². The summed E-state index contributed by atoms with van der Waals surface area (Å²) in [6, 6.07) is -0.461. The number of allylic oxidation sites excluding steroid dienone is 2. The number of Topliss-reactive ketones (excluding diaryl/α,β-unsaturated/α-hetero) is 2. The minimum Gasteiger partial charge on any atom is -0.511 e. The van der Waals surface area contributed by atoms with Crippen molar-refractivity contribution in [2.24, 2.45) is 32.7 Å². The van der Waals surface area contributed by atoms with Gasteiger partial charge in [-0.25, -0.2) is 0 Å². The van der Waals surface area contributed by atoms with E-state index < -0.39 is 40.6 Å². The summed E-state index contributed by atoms with van der Waals surface area (Å²) in [5.74, 6) is -4.45. The lowest BCUT2D eigenvalue weighted by Crippen LogP contribution is -2.42. The van der Waals surface area contributed by atoms with Crippen molar-refractivity contribution in [3.8, 4) is 0 Å². The lowest BCUT2D eigenvalue weighted by Gasteiger charge is -2.36. The number of carbonyl (C=O) groups excluding carboxylic acids is 4. The van der Waals surface area contributed by atoms with E-state index in [9.17, 15) is 29.4 Å². The van der Waals surface area contributed by atoms with Crippen molar-refractivity contribution in [1.29, 1.82) is 0 Å². The third-order valence-corrected chi connectivity index (χ3v) is 7.76. The molecule has 2 aliphatic carbocycles. The molecular formula is C31H46N2O8. The van der Waals surface area contributed by atoms with Crippen LogP contribution in [0, 0.1) is 22.7 Å². The normalized spacial score (nSPS) is 23.9. The molecule has 2 N–H and O–H groups in total. The molecule has 0 amide bonds. The molecule has 0 saturated carbocycles. The van der Waals surface area contributed by atoms with Gasteiger partial charge in [-0.2, -0.15) is 0 Å². The Balaban J connectivity index is 2.54. The van der Waals surface area contributed by atoms with Crippen LogP contribution in [0.2, 0.25) is 0 Å². The smallest absolute Gasteiger partial charge is 0.316 e. The summed E-state index contributed by atoms with van der Waals surface area (Å²) < 4.78 is 9.84. The molecule has 0 saturated heterocycles. The molecule has 0 aliphatic heterocycles. The number of hydrogen-bond acceptors (Lipinski definition) is 10. The molecule has 0 radical (unpaired) electrons. The molecule has 2 aliphatic rings. The Morgan fingerprint density at radius 2 is 1.22 bits per heavy atom. The fourth-order valence-corrected chi connectivity index (χ4v) is 5.80. The van der Waals surface area contributed by atoms with Crippen LogP contribution in [0.5, 0.6) is 0 Å². The highest BCUT2D eigenvalue weighted by Crippen LogP contribution is 2.44. The predicted octanol–water partition coefficient (Wildman–Crippen LogP) is 5.06. The van der Waals surface area contributed by atoms with Gasteiger partial charge in [0.05, 0.1) is 38.0 Å². The highest BCUT2D eigenvalue weighted by Gasteiger charge is 2.49. The second-order valence-corrected chi connectivity index (χ2v) is 12.3. The van der Waals surface area contributed by atoms with Crippen LogP contribution in [0.3, 0.4) is 0 Å². The molecule has 41 heavy (non-hydrogen) atoms. The number of nitrogens with zero attached hydrogens (tertiary/aromatic N) is 2. The van der Waals surface area contributed by atoms with Gasteiger partial charge < -0.3 is 19.7 Å². The Kier molecular flexibility index (Phi) is 11.2. The topological polar surface area (TPSA) is 152 Å². The maximum atomic E-state index is 13.2. The van der Waals surface area contributed by atoms with Gasteiger partial charge in [0, 0.05) is 24.3 Å². The van der Waals surface area contributed by atoms with Gasteiger partial charge in [0.15, 0.2) is 11.6 Å². The molecule has 0 fully saturated rings. The third-order valence-electron chi connectivity index (χ3n) is 7.76.